The number of carbonyl (C=O) groups is 2. The minimum absolute atomic E-state index is 0.110. The van der Waals surface area contributed by atoms with Crippen molar-refractivity contribution in [1.29, 1.82) is 5.26 Å². The number of rotatable bonds is 4. The van der Waals surface area contributed by atoms with Crippen LogP contribution in [0.1, 0.15) is 13.3 Å². The molecule has 1 N–H and O–H groups in total. The lowest BCUT2D eigenvalue weighted by Gasteiger charge is -2.19. The van der Waals surface area contributed by atoms with Crippen molar-refractivity contribution in [3.05, 3.63) is 0 Å². The van der Waals surface area contributed by atoms with E-state index in [4.69, 9.17) is 5.26 Å². The van der Waals surface area contributed by atoms with Gasteiger partial charge in [-0.25, -0.2) is 0 Å². The average Bonchev–Trinajstić information content (AvgIpc) is 2.16. The van der Waals surface area contributed by atoms with E-state index in [-0.39, 0.29) is 24.2 Å². The van der Waals surface area contributed by atoms with Crippen LogP contribution in [0.25, 0.3) is 0 Å². The van der Waals surface area contributed by atoms with E-state index in [1.165, 1.54) is 4.90 Å². The molecule has 0 aromatic heterocycles. The zero-order valence-corrected chi connectivity index (χ0v) is 8.70. The van der Waals surface area contributed by atoms with E-state index in [2.05, 4.69) is 5.32 Å². The van der Waals surface area contributed by atoms with Gasteiger partial charge in [0.15, 0.2) is 0 Å². The molecule has 5 heteroatoms. The minimum atomic E-state index is -0.261. The molecular formula is C9H15N3O2. The highest BCUT2D eigenvalue weighted by atomic mass is 16.2. The van der Waals surface area contributed by atoms with Crippen LogP contribution in [-0.2, 0) is 9.59 Å². The molecule has 1 unspecified atom stereocenters. The number of amides is 2. The van der Waals surface area contributed by atoms with Gasteiger partial charge in [0.25, 0.3) is 0 Å². The maximum Gasteiger partial charge on any atom is 0.236 e. The van der Waals surface area contributed by atoms with Gasteiger partial charge in [-0.15, -0.1) is 0 Å². The summed E-state index contributed by atoms with van der Waals surface area (Å²) in [7, 11) is 3.13. The predicted octanol–water partition coefficient (Wildman–Crippen LogP) is -0.259. The Labute approximate surface area is 83.7 Å². The second kappa shape index (κ2) is 5.97. The summed E-state index contributed by atoms with van der Waals surface area (Å²) in [5.41, 5.74) is 0. The first-order valence-electron chi connectivity index (χ1n) is 4.35. The van der Waals surface area contributed by atoms with Crippen LogP contribution in [0.3, 0.4) is 0 Å². The van der Waals surface area contributed by atoms with Crippen LogP contribution >= 0.6 is 0 Å². The summed E-state index contributed by atoms with van der Waals surface area (Å²) in [6, 6.07) is 1.77. The number of carbonyl (C=O) groups excluding carboxylic acids is 2. The van der Waals surface area contributed by atoms with Gasteiger partial charge in [-0.1, -0.05) is 6.92 Å². The molecule has 0 heterocycles. The Morgan fingerprint density at radius 1 is 1.57 bits per heavy atom. The minimum Gasteiger partial charge on any atom is -0.359 e. The maximum absolute atomic E-state index is 11.2. The van der Waals surface area contributed by atoms with E-state index in [0.717, 1.165) is 0 Å². The van der Waals surface area contributed by atoms with Gasteiger partial charge in [-0.2, -0.15) is 5.26 Å². The number of hydrogen-bond acceptors (Lipinski definition) is 3. The lowest BCUT2D eigenvalue weighted by atomic mass is 10.1. The number of nitrogens with zero attached hydrogens (tertiary/aromatic N) is 2. The highest BCUT2D eigenvalue weighted by molar-refractivity contribution is 5.81. The van der Waals surface area contributed by atoms with Gasteiger partial charge in [-0.05, 0) is 0 Å². The van der Waals surface area contributed by atoms with Crippen molar-refractivity contribution in [1.82, 2.24) is 10.2 Å². The Morgan fingerprint density at radius 2 is 2.14 bits per heavy atom. The molecule has 2 amide bonds. The summed E-state index contributed by atoms with van der Waals surface area (Å²) in [6.07, 6.45) is -0.142. The second-order valence-electron chi connectivity index (χ2n) is 3.12. The number of hydrogen-bond donors (Lipinski definition) is 1. The van der Waals surface area contributed by atoms with Gasteiger partial charge < -0.3 is 10.2 Å². The van der Waals surface area contributed by atoms with Crippen molar-refractivity contribution in [2.24, 2.45) is 5.92 Å². The largest absolute Gasteiger partial charge is 0.359 e. The van der Waals surface area contributed by atoms with Gasteiger partial charge >= 0.3 is 0 Å². The highest BCUT2D eigenvalue weighted by Gasteiger charge is 2.16. The van der Waals surface area contributed by atoms with Crippen molar-refractivity contribution in [3.8, 4) is 6.07 Å². The van der Waals surface area contributed by atoms with Gasteiger partial charge in [0.2, 0.25) is 11.8 Å². The molecule has 0 radical (unpaired) electrons. The fraction of sp³-hybridized carbons (Fsp3) is 0.667. The third-order valence-corrected chi connectivity index (χ3v) is 1.90. The molecule has 0 saturated heterocycles. The van der Waals surface area contributed by atoms with Crippen molar-refractivity contribution < 1.29 is 9.59 Å². The van der Waals surface area contributed by atoms with Gasteiger partial charge in [-0.3, -0.25) is 9.59 Å². The summed E-state index contributed by atoms with van der Waals surface area (Å²) in [6.45, 7) is 2.06. The summed E-state index contributed by atoms with van der Waals surface area (Å²) in [5, 5.41) is 10.8. The molecule has 0 rings (SSSR count). The van der Waals surface area contributed by atoms with Crippen LogP contribution in [-0.4, -0.2) is 37.4 Å². The molecule has 5 nitrogen and oxygen atoms in total. The van der Waals surface area contributed by atoms with Gasteiger partial charge in [0.05, 0.1) is 12.0 Å². The van der Waals surface area contributed by atoms with E-state index < -0.39 is 0 Å². The molecule has 0 fully saturated rings. The maximum atomic E-state index is 11.2. The fourth-order valence-corrected chi connectivity index (χ4v) is 1.04. The van der Waals surface area contributed by atoms with Crippen molar-refractivity contribution in [3.63, 3.8) is 0 Å². The molecule has 0 saturated carbocycles. The summed E-state index contributed by atoms with van der Waals surface area (Å²) in [4.78, 5) is 23.7. The Balaban J connectivity index is 4.06. The van der Waals surface area contributed by atoms with Gasteiger partial charge in [0, 0.05) is 20.6 Å². The molecule has 0 aliphatic heterocycles. The molecule has 0 aliphatic rings. The molecule has 14 heavy (non-hydrogen) atoms. The van der Waals surface area contributed by atoms with Crippen LogP contribution in [0.5, 0.6) is 0 Å². The second-order valence-corrected chi connectivity index (χ2v) is 3.12. The Hall–Kier alpha value is -1.57. The standard InChI is InChI=1S/C9H15N3O2/c1-7(9(14)11-2)6-12(3)8(13)4-5-10/h7H,4,6H2,1-3H3,(H,11,14). The molecular weight excluding hydrogens is 182 g/mol. The lowest BCUT2D eigenvalue weighted by molar-refractivity contribution is -0.131. The zero-order valence-electron chi connectivity index (χ0n) is 8.70. The fourth-order valence-electron chi connectivity index (χ4n) is 1.04. The van der Waals surface area contributed by atoms with E-state index >= 15 is 0 Å². The molecule has 0 aliphatic carbocycles. The lowest BCUT2D eigenvalue weighted by Crippen LogP contribution is -2.37. The summed E-state index contributed by atoms with van der Waals surface area (Å²) >= 11 is 0. The van der Waals surface area contributed by atoms with E-state index in [1.54, 1.807) is 27.1 Å². The molecule has 0 aromatic carbocycles. The first-order valence-corrected chi connectivity index (χ1v) is 4.35. The molecule has 1 atom stereocenters. The first-order chi connectivity index (χ1) is 6.52. The Bertz CT molecular complexity index is 257. The molecule has 0 spiro atoms. The summed E-state index contributed by atoms with van der Waals surface area (Å²) < 4.78 is 0. The zero-order chi connectivity index (χ0) is 11.1. The van der Waals surface area contributed by atoms with Crippen LogP contribution < -0.4 is 5.32 Å². The first kappa shape index (κ1) is 12.4. The van der Waals surface area contributed by atoms with Crippen molar-refractivity contribution in [2.75, 3.05) is 20.6 Å². The average molecular weight is 197 g/mol. The summed E-state index contributed by atoms with van der Waals surface area (Å²) in [5.74, 6) is -0.627. The van der Waals surface area contributed by atoms with E-state index in [9.17, 15) is 9.59 Å². The molecule has 0 bridgehead atoms. The van der Waals surface area contributed by atoms with Crippen molar-refractivity contribution >= 4 is 11.8 Å². The van der Waals surface area contributed by atoms with E-state index in [0.29, 0.717) is 6.54 Å². The Morgan fingerprint density at radius 3 is 2.57 bits per heavy atom. The normalized spacial score (nSPS) is 11.3. The topological polar surface area (TPSA) is 73.2 Å². The van der Waals surface area contributed by atoms with Crippen molar-refractivity contribution in [2.45, 2.75) is 13.3 Å². The monoisotopic (exact) mass is 197 g/mol. The molecule has 0 aromatic rings. The number of nitriles is 1. The SMILES string of the molecule is CNC(=O)C(C)CN(C)C(=O)CC#N. The van der Waals surface area contributed by atoms with Gasteiger partial charge in [0.1, 0.15) is 6.42 Å². The quantitative estimate of drug-likeness (QED) is 0.674. The van der Waals surface area contributed by atoms with Crippen LogP contribution in [0.15, 0.2) is 0 Å². The Kier molecular flexibility index (Phi) is 5.30. The van der Waals surface area contributed by atoms with E-state index in [1.807, 2.05) is 0 Å². The smallest absolute Gasteiger partial charge is 0.236 e. The highest BCUT2D eigenvalue weighted by Crippen LogP contribution is 1.99. The predicted molar refractivity (Wildman–Crippen MR) is 51.1 cm³/mol. The van der Waals surface area contributed by atoms with Crippen LogP contribution in [0, 0.1) is 17.2 Å². The van der Waals surface area contributed by atoms with Crippen LogP contribution in [0.2, 0.25) is 0 Å². The third-order valence-electron chi connectivity index (χ3n) is 1.90. The third kappa shape index (κ3) is 3.90. The molecule has 78 valence electrons. The van der Waals surface area contributed by atoms with Crippen LogP contribution in [0.4, 0.5) is 0 Å². The number of nitrogens with one attached hydrogen (secondary N) is 1.